The molecule has 2 atom stereocenters. The SMILES string of the molecule is CC[Si](CC)(CC)O[C@H](C(=O)OC)[C@H](NC(=O)OC(C)(C)C)C(=O)O. The first-order valence-corrected chi connectivity index (χ1v) is 11.0. The summed E-state index contributed by atoms with van der Waals surface area (Å²) < 4.78 is 15.8. The molecule has 0 bridgehead atoms. The molecular formula is C16H31NO7Si. The van der Waals surface area contributed by atoms with Crippen LogP contribution in [-0.2, 0) is 23.5 Å². The summed E-state index contributed by atoms with van der Waals surface area (Å²) in [5.74, 6) is -2.23. The number of carbonyl (C=O) groups excluding carboxylic acids is 2. The Morgan fingerprint density at radius 3 is 1.88 bits per heavy atom. The van der Waals surface area contributed by atoms with E-state index in [1.165, 1.54) is 0 Å². The number of hydrogen-bond acceptors (Lipinski definition) is 6. The van der Waals surface area contributed by atoms with Crippen molar-refractivity contribution in [3.05, 3.63) is 0 Å². The van der Waals surface area contributed by atoms with E-state index in [0.717, 1.165) is 7.11 Å². The number of rotatable bonds is 9. The molecular weight excluding hydrogens is 346 g/mol. The van der Waals surface area contributed by atoms with Crippen LogP contribution in [0, 0.1) is 0 Å². The quantitative estimate of drug-likeness (QED) is 0.469. The first-order valence-electron chi connectivity index (χ1n) is 8.43. The zero-order valence-corrected chi connectivity index (χ0v) is 17.2. The fraction of sp³-hybridized carbons (Fsp3) is 0.812. The maximum Gasteiger partial charge on any atom is 0.408 e. The molecule has 0 fully saturated rings. The Kier molecular flexibility index (Phi) is 9.13. The van der Waals surface area contributed by atoms with Gasteiger partial charge in [-0.1, -0.05) is 20.8 Å². The second kappa shape index (κ2) is 9.76. The number of carboxylic acids is 1. The maximum atomic E-state index is 12.2. The predicted molar refractivity (Wildman–Crippen MR) is 94.9 cm³/mol. The first-order chi connectivity index (χ1) is 11.4. The number of amides is 1. The molecule has 0 unspecified atom stereocenters. The highest BCUT2D eigenvalue weighted by Gasteiger charge is 2.43. The van der Waals surface area contributed by atoms with Crippen LogP contribution in [-0.4, -0.2) is 56.3 Å². The number of methoxy groups -OCH3 is 1. The second-order valence-corrected chi connectivity index (χ2v) is 11.5. The Bertz CT molecular complexity index is 463. The summed E-state index contributed by atoms with van der Waals surface area (Å²) >= 11 is 0. The van der Waals surface area contributed by atoms with Gasteiger partial charge in [-0.2, -0.15) is 0 Å². The lowest BCUT2D eigenvalue weighted by molar-refractivity contribution is -0.157. The summed E-state index contributed by atoms with van der Waals surface area (Å²) in [6.07, 6.45) is -2.37. The van der Waals surface area contributed by atoms with Crippen LogP contribution in [0.3, 0.4) is 0 Å². The van der Waals surface area contributed by atoms with Crippen molar-refractivity contribution in [1.29, 1.82) is 0 Å². The van der Waals surface area contributed by atoms with Gasteiger partial charge in [-0.15, -0.1) is 0 Å². The van der Waals surface area contributed by atoms with Gasteiger partial charge in [-0.25, -0.2) is 14.4 Å². The molecule has 0 aliphatic rings. The van der Waals surface area contributed by atoms with Gasteiger partial charge in [0.25, 0.3) is 0 Å². The van der Waals surface area contributed by atoms with Crippen LogP contribution in [0.5, 0.6) is 0 Å². The van der Waals surface area contributed by atoms with Crippen LogP contribution in [0.25, 0.3) is 0 Å². The largest absolute Gasteiger partial charge is 0.480 e. The molecule has 0 aromatic heterocycles. The van der Waals surface area contributed by atoms with Crippen LogP contribution < -0.4 is 5.32 Å². The van der Waals surface area contributed by atoms with Crippen LogP contribution in [0.1, 0.15) is 41.5 Å². The van der Waals surface area contributed by atoms with Crippen molar-refractivity contribution in [2.24, 2.45) is 0 Å². The Morgan fingerprint density at radius 2 is 1.56 bits per heavy atom. The minimum atomic E-state index is -2.32. The van der Waals surface area contributed by atoms with Crippen molar-refractivity contribution in [2.45, 2.75) is 77.4 Å². The summed E-state index contributed by atoms with van der Waals surface area (Å²) in [5, 5.41) is 11.7. The molecule has 1 amide bonds. The van der Waals surface area contributed by atoms with Crippen molar-refractivity contribution in [2.75, 3.05) is 7.11 Å². The van der Waals surface area contributed by atoms with Gasteiger partial charge < -0.3 is 24.3 Å². The highest BCUT2D eigenvalue weighted by molar-refractivity contribution is 6.73. The summed E-state index contributed by atoms with van der Waals surface area (Å²) in [4.78, 5) is 35.8. The number of ether oxygens (including phenoxy) is 2. The zero-order chi connectivity index (χ0) is 19.8. The van der Waals surface area contributed by atoms with Gasteiger partial charge >= 0.3 is 18.0 Å². The van der Waals surface area contributed by atoms with E-state index in [0.29, 0.717) is 18.1 Å². The van der Waals surface area contributed by atoms with E-state index in [4.69, 9.17) is 13.9 Å². The van der Waals surface area contributed by atoms with E-state index in [2.05, 4.69) is 5.32 Å². The van der Waals surface area contributed by atoms with Crippen molar-refractivity contribution < 1.29 is 33.4 Å². The van der Waals surface area contributed by atoms with Gasteiger partial charge in [-0.3, -0.25) is 0 Å². The number of aliphatic carboxylic acids is 1. The molecule has 0 aliphatic carbocycles. The van der Waals surface area contributed by atoms with Gasteiger partial charge in [0.1, 0.15) is 5.60 Å². The number of nitrogens with one attached hydrogen (secondary N) is 1. The van der Waals surface area contributed by atoms with Gasteiger partial charge in [0.05, 0.1) is 7.11 Å². The molecule has 0 rings (SSSR count). The molecule has 0 aromatic rings. The molecule has 0 radical (unpaired) electrons. The third-order valence-electron chi connectivity index (χ3n) is 3.98. The normalized spacial score (nSPS) is 14.4. The lowest BCUT2D eigenvalue weighted by atomic mass is 10.1. The maximum absolute atomic E-state index is 12.2. The predicted octanol–water partition coefficient (Wildman–Crippen LogP) is 2.53. The molecule has 0 saturated heterocycles. The number of alkyl carbamates (subject to hydrolysis) is 1. The van der Waals surface area contributed by atoms with Gasteiger partial charge in [-0.05, 0) is 38.9 Å². The van der Waals surface area contributed by atoms with E-state index in [-0.39, 0.29) is 0 Å². The molecule has 0 saturated carbocycles. The first kappa shape index (κ1) is 23.4. The van der Waals surface area contributed by atoms with Crippen LogP contribution in [0.4, 0.5) is 4.79 Å². The van der Waals surface area contributed by atoms with E-state index >= 15 is 0 Å². The lowest BCUT2D eigenvalue weighted by Crippen LogP contribution is -2.57. The highest BCUT2D eigenvalue weighted by Crippen LogP contribution is 2.25. The number of esters is 1. The Hall–Kier alpha value is -1.61. The summed E-state index contributed by atoms with van der Waals surface area (Å²) in [5.41, 5.74) is -0.802. The lowest BCUT2D eigenvalue weighted by Gasteiger charge is -2.34. The van der Waals surface area contributed by atoms with Crippen LogP contribution >= 0.6 is 0 Å². The number of carbonyl (C=O) groups is 3. The summed E-state index contributed by atoms with van der Waals surface area (Å²) in [6.45, 7) is 10.8. The molecule has 25 heavy (non-hydrogen) atoms. The van der Waals surface area contributed by atoms with E-state index in [9.17, 15) is 19.5 Å². The van der Waals surface area contributed by atoms with E-state index in [1.54, 1.807) is 20.8 Å². The van der Waals surface area contributed by atoms with Crippen LogP contribution in [0.15, 0.2) is 0 Å². The Balaban J connectivity index is 5.58. The molecule has 9 heteroatoms. The van der Waals surface area contributed by atoms with Gasteiger partial charge in [0.2, 0.25) is 0 Å². The second-order valence-electron chi connectivity index (χ2n) is 6.77. The third-order valence-corrected chi connectivity index (χ3v) is 8.60. The van der Waals surface area contributed by atoms with Gasteiger partial charge in [0.15, 0.2) is 20.5 Å². The van der Waals surface area contributed by atoms with Crippen molar-refractivity contribution >= 4 is 26.3 Å². The number of carboxylic acid groups (broad SMARTS) is 1. The standard InChI is InChI=1S/C16H31NO7Si/c1-8-25(9-2,10-3)24-12(14(20)22-7)11(13(18)19)17-15(21)23-16(4,5)6/h11-12H,8-10H2,1-7H3,(H,17,21)(H,18,19)/t11-,12-/m0/s1. The fourth-order valence-electron chi connectivity index (χ4n) is 2.34. The minimum absolute atomic E-state index is 0.715. The fourth-order valence-corrected chi connectivity index (χ4v) is 5.11. The van der Waals surface area contributed by atoms with E-state index < -0.39 is 44.1 Å². The average Bonchev–Trinajstić information content (AvgIpc) is 2.52. The minimum Gasteiger partial charge on any atom is -0.480 e. The molecule has 2 N–H and O–H groups in total. The molecule has 0 aliphatic heterocycles. The van der Waals surface area contributed by atoms with Crippen molar-refractivity contribution in [3.63, 3.8) is 0 Å². The third kappa shape index (κ3) is 7.43. The average molecular weight is 378 g/mol. The Labute approximate surface area is 150 Å². The highest BCUT2D eigenvalue weighted by atomic mass is 28.4. The topological polar surface area (TPSA) is 111 Å². The van der Waals surface area contributed by atoms with Crippen molar-refractivity contribution in [1.82, 2.24) is 5.32 Å². The summed E-state index contributed by atoms with van der Waals surface area (Å²) in [6, 6.07) is 0.545. The smallest absolute Gasteiger partial charge is 0.408 e. The Morgan fingerprint density at radius 1 is 1.08 bits per heavy atom. The van der Waals surface area contributed by atoms with Crippen molar-refractivity contribution in [3.8, 4) is 0 Å². The summed E-state index contributed by atoms with van der Waals surface area (Å²) in [7, 11) is -1.17. The number of hydrogen-bond donors (Lipinski definition) is 2. The monoisotopic (exact) mass is 377 g/mol. The van der Waals surface area contributed by atoms with Crippen LogP contribution in [0.2, 0.25) is 18.1 Å². The molecule has 0 heterocycles. The molecule has 146 valence electrons. The zero-order valence-electron chi connectivity index (χ0n) is 16.2. The van der Waals surface area contributed by atoms with E-state index in [1.807, 2.05) is 20.8 Å². The molecule has 8 nitrogen and oxygen atoms in total. The molecule has 0 aromatic carbocycles. The molecule has 0 spiro atoms. The van der Waals surface area contributed by atoms with Gasteiger partial charge in [0, 0.05) is 0 Å².